The summed E-state index contributed by atoms with van der Waals surface area (Å²) < 4.78 is 0. The Bertz CT molecular complexity index is 291. The van der Waals surface area contributed by atoms with Gasteiger partial charge >= 0.3 is 0 Å². The molecule has 0 aromatic rings. The molecule has 0 radical (unpaired) electrons. The number of rotatable bonds is 1. The summed E-state index contributed by atoms with van der Waals surface area (Å²) in [5.74, 6) is 1.54. The third kappa shape index (κ3) is 0.868. The molecule has 72 valence electrons. The summed E-state index contributed by atoms with van der Waals surface area (Å²) in [7, 11) is 0. The maximum Gasteiger partial charge on any atom is 0.00357 e. The van der Waals surface area contributed by atoms with Gasteiger partial charge in [-0.1, -0.05) is 51.5 Å². The SMILES string of the molecule is CC1=CC2(C(C)C)C(C=C1)C2(C)C. The molecule has 1 saturated carbocycles. The lowest BCUT2D eigenvalue weighted by Gasteiger charge is -2.23. The van der Waals surface area contributed by atoms with Crippen LogP contribution >= 0.6 is 0 Å². The van der Waals surface area contributed by atoms with Crippen LogP contribution in [0.2, 0.25) is 0 Å². The minimum Gasteiger partial charge on any atom is -0.0797 e. The molecule has 2 aliphatic rings. The molecule has 2 aliphatic carbocycles. The Hall–Kier alpha value is -0.520. The standard InChI is InChI=1S/C13H20/c1-9(2)13-8-10(3)6-7-11(13)12(13,4)5/h6-9,11H,1-5H3. The van der Waals surface area contributed by atoms with Gasteiger partial charge in [-0.2, -0.15) is 0 Å². The van der Waals surface area contributed by atoms with Crippen molar-refractivity contribution in [3.05, 3.63) is 23.8 Å². The van der Waals surface area contributed by atoms with E-state index in [2.05, 4.69) is 52.8 Å². The van der Waals surface area contributed by atoms with Gasteiger partial charge in [0.1, 0.15) is 0 Å². The monoisotopic (exact) mass is 176 g/mol. The van der Waals surface area contributed by atoms with Crippen LogP contribution < -0.4 is 0 Å². The Kier molecular flexibility index (Phi) is 1.59. The molecule has 13 heavy (non-hydrogen) atoms. The fraction of sp³-hybridized carbons (Fsp3) is 0.692. The first-order valence-corrected chi connectivity index (χ1v) is 5.30. The van der Waals surface area contributed by atoms with Crippen molar-refractivity contribution in [3.8, 4) is 0 Å². The molecule has 0 N–H and O–H groups in total. The van der Waals surface area contributed by atoms with Crippen LogP contribution in [0.4, 0.5) is 0 Å². The van der Waals surface area contributed by atoms with Crippen LogP contribution in [-0.2, 0) is 0 Å². The first-order valence-electron chi connectivity index (χ1n) is 5.30. The molecule has 0 aromatic heterocycles. The largest absolute Gasteiger partial charge is 0.0797 e. The van der Waals surface area contributed by atoms with Crippen LogP contribution in [0, 0.1) is 22.7 Å². The van der Waals surface area contributed by atoms with Gasteiger partial charge in [-0.05, 0) is 24.2 Å². The number of hydrogen-bond acceptors (Lipinski definition) is 0. The normalized spacial score (nSPS) is 40.2. The molecular formula is C13H20. The number of hydrogen-bond donors (Lipinski definition) is 0. The van der Waals surface area contributed by atoms with Crippen LogP contribution in [0.15, 0.2) is 23.8 Å². The molecule has 0 amide bonds. The van der Waals surface area contributed by atoms with E-state index in [-0.39, 0.29) is 0 Å². The first-order chi connectivity index (χ1) is 5.93. The van der Waals surface area contributed by atoms with E-state index in [1.54, 1.807) is 0 Å². The minimum absolute atomic E-state index is 0.464. The molecule has 0 aromatic carbocycles. The third-order valence-electron chi connectivity index (χ3n) is 4.30. The van der Waals surface area contributed by atoms with Gasteiger partial charge in [-0.3, -0.25) is 0 Å². The molecule has 1 fully saturated rings. The maximum absolute atomic E-state index is 2.50. The van der Waals surface area contributed by atoms with Crippen molar-refractivity contribution >= 4 is 0 Å². The Labute approximate surface area is 81.7 Å². The Morgan fingerprint density at radius 3 is 2.38 bits per heavy atom. The maximum atomic E-state index is 2.50. The summed E-state index contributed by atoms with van der Waals surface area (Å²) in [5, 5.41) is 0. The van der Waals surface area contributed by atoms with E-state index in [1.165, 1.54) is 5.57 Å². The van der Waals surface area contributed by atoms with E-state index in [1.807, 2.05) is 0 Å². The molecular weight excluding hydrogens is 156 g/mol. The predicted octanol–water partition coefficient (Wildman–Crippen LogP) is 3.80. The summed E-state index contributed by atoms with van der Waals surface area (Å²) >= 11 is 0. The Morgan fingerprint density at radius 1 is 1.31 bits per heavy atom. The van der Waals surface area contributed by atoms with Crippen molar-refractivity contribution < 1.29 is 0 Å². The van der Waals surface area contributed by atoms with E-state index < -0.39 is 0 Å². The molecule has 0 nitrogen and oxygen atoms in total. The zero-order valence-electron chi connectivity index (χ0n) is 9.39. The van der Waals surface area contributed by atoms with E-state index in [9.17, 15) is 0 Å². The lowest BCUT2D eigenvalue weighted by atomic mass is 9.81. The lowest BCUT2D eigenvalue weighted by molar-refractivity contribution is 0.347. The van der Waals surface area contributed by atoms with Crippen molar-refractivity contribution in [2.24, 2.45) is 22.7 Å². The second-order valence-electron chi connectivity index (χ2n) is 5.53. The predicted molar refractivity (Wildman–Crippen MR) is 57.4 cm³/mol. The Morgan fingerprint density at radius 2 is 1.92 bits per heavy atom. The molecule has 0 spiro atoms. The fourth-order valence-electron chi connectivity index (χ4n) is 3.49. The summed E-state index contributed by atoms with van der Waals surface area (Å²) in [6.45, 7) is 11.7. The second kappa shape index (κ2) is 2.29. The summed E-state index contributed by atoms with van der Waals surface area (Å²) in [5.41, 5.74) is 2.39. The zero-order valence-corrected chi connectivity index (χ0v) is 9.39. The lowest BCUT2D eigenvalue weighted by Crippen LogP contribution is -2.15. The van der Waals surface area contributed by atoms with Gasteiger partial charge in [0.2, 0.25) is 0 Å². The quantitative estimate of drug-likeness (QED) is 0.570. The smallest absolute Gasteiger partial charge is 0.00357 e. The Balaban J connectivity index is 2.44. The average molecular weight is 176 g/mol. The minimum atomic E-state index is 0.464. The van der Waals surface area contributed by atoms with Crippen molar-refractivity contribution in [1.29, 1.82) is 0 Å². The van der Waals surface area contributed by atoms with Crippen LogP contribution in [-0.4, -0.2) is 0 Å². The average Bonchev–Trinajstić information content (AvgIpc) is 2.50. The highest BCUT2D eigenvalue weighted by Gasteiger charge is 2.69. The highest BCUT2D eigenvalue weighted by atomic mass is 14.7. The summed E-state index contributed by atoms with van der Waals surface area (Å²) in [6, 6.07) is 0. The zero-order chi connectivity index (χ0) is 9.85. The van der Waals surface area contributed by atoms with Crippen molar-refractivity contribution in [2.45, 2.75) is 34.6 Å². The summed E-state index contributed by atoms with van der Waals surface area (Å²) in [4.78, 5) is 0. The van der Waals surface area contributed by atoms with Gasteiger partial charge in [-0.15, -0.1) is 0 Å². The van der Waals surface area contributed by atoms with E-state index in [0.717, 1.165) is 11.8 Å². The number of fused-ring (bicyclic) bond motifs is 1. The first kappa shape index (κ1) is 9.05. The molecule has 2 atom stereocenters. The van der Waals surface area contributed by atoms with Crippen LogP contribution in [0.3, 0.4) is 0 Å². The highest BCUT2D eigenvalue weighted by Crippen LogP contribution is 2.75. The second-order valence-corrected chi connectivity index (χ2v) is 5.53. The molecule has 0 saturated heterocycles. The van der Waals surface area contributed by atoms with Gasteiger partial charge in [0, 0.05) is 5.41 Å². The van der Waals surface area contributed by atoms with Gasteiger partial charge < -0.3 is 0 Å². The topological polar surface area (TPSA) is 0 Å². The van der Waals surface area contributed by atoms with Crippen molar-refractivity contribution in [3.63, 3.8) is 0 Å². The summed E-state index contributed by atoms with van der Waals surface area (Å²) in [6.07, 6.45) is 7.19. The van der Waals surface area contributed by atoms with E-state index in [0.29, 0.717) is 10.8 Å². The van der Waals surface area contributed by atoms with E-state index in [4.69, 9.17) is 0 Å². The van der Waals surface area contributed by atoms with E-state index >= 15 is 0 Å². The van der Waals surface area contributed by atoms with Gasteiger partial charge in [0.05, 0.1) is 0 Å². The number of allylic oxidation sites excluding steroid dienone is 4. The third-order valence-corrected chi connectivity index (χ3v) is 4.30. The van der Waals surface area contributed by atoms with Crippen LogP contribution in [0.5, 0.6) is 0 Å². The molecule has 0 heteroatoms. The highest BCUT2D eigenvalue weighted by molar-refractivity contribution is 5.41. The molecule has 2 unspecified atom stereocenters. The van der Waals surface area contributed by atoms with Crippen LogP contribution in [0.1, 0.15) is 34.6 Å². The molecule has 2 rings (SSSR count). The molecule has 0 heterocycles. The van der Waals surface area contributed by atoms with Gasteiger partial charge in [-0.25, -0.2) is 0 Å². The molecule has 0 aliphatic heterocycles. The fourth-order valence-corrected chi connectivity index (χ4v) is 3.49. The van der Waals surface area contributed by atoms with Crippen LogP contribution in [0.25, 0.3) is 0 Å². The van der Waals surface area contributed by atoms with Gasteiger partial charge in [0.25, 0.3) is 0 Å². The molecule has 0 bridgehead atoms. The van der Waals surface area contributed by atoms with Crippen molar-refractivity contribution in [2.75, 3.05) is 0 Å². The van der Waals surface area contributed by atoms with Crippen molar-refractivity contribution in [1.82, 2.24) is 0 Å². The van der Waals surface area contributed by atoms with Gasteiger partial charge in [0.15, 0.2) is 0 Å².